The van der Waals surface area contributed by atoms with Crippen LogP contribution in [0.1, 0.15) is 60.3 Å². The Hall–Kier alpha value is -0.0800. The highest BCUT2D eigenvalue weighted by molar-refractivity contribution is 4.69. The molecule has 0 radical (unpaired) electrons. The van der Waals surface area contributed by atoms with Crippen molar-refractivity contribution in [3.05, 3.63) is 0 Å². The number of aliphatic hydroxyl groups is 2. The summed E-state index contributed by atoms with van der Waals surface area (Å²) in [7, 11) is 0. The van der Waals surface area contributed by atoms with E-state index >= 15 is 0 Å². The topological polar surface area (TPSA) is 40.5 Å². The van der Waals surface area contributed by atoms with Crippen LogP contribution in [0.4, 0.5) is 0 Å². The average molecular weight is 204 g/mol. The monoisotopic (exact) mass is 204 g/mol. The fraction of sp³-hybridized carbons (Fsp3) is 1.00. The van der Waals surface area contributed by atoms with Crippen LogP contribution in [0.3, 0.4) is 0 Å². The second-order valence-corrected chi connectivity index (χ2v) is 4.45. The first-order chi connectivity index (χ1) is 6.39. The lowest BCUT2D eigenvalue weighted by atomic mass is 9.94. The SMILES string of the molecule is CCC(C)(O)CCCC(C)C.CCO. The Labute approximate surface area is 89.3 Å². The largest absolute Gasteiger partial charge is 0.397 e. The first-order valence-electron chi connectivity index (χ1n) is 5.72. The highest BCUT2D eigenvalue weighted by Crippen LogP contribution is 2.18. The molecule has 0 aromatic heterocycles. The Balaban J connectivity index is 0. The van der Waals surface area contributed by atoms with Crippen molar-refractivity contribution in [2.45, 2.75) is 65.9 Å². The molecule has 0 bridgehead atoms. The molecule has 2 heteroatoms. The fourth-order valence-corrected chi connectivity index (χ4v) is 1.07. The highest BCUT2D eigenvalue weighted by Gasteiger charge is 2.16. The van der Waals surface area contributed by atoms with Gasteiger partial charge >= 0.3 is 0 Å². The van der Waals surface area contributed by atoms with Crippen molar-refractivity contribution in [1.29, 1.82) is 0 Å². The number of hydrogen-bond acceptors (Lipinski definition) is 2. The molecule has 0 aliphatic rings. The van der Waals surface area contributed by atoms with Crippen molar-refractivity contribution in [3.63, 3.8) is 0 Å². The van der Waals surface area contributed by atoms with Crippen LogP contribution in [0.25, 0.3) is 0 Å². The zero-order valence-corrected chi connectivity index (χ0v) is 10.5. The number of rotatable bonds is 5. The van der Waals surface area contributed by atoms with E-state index in [1.54, 1.807) is 6.92 Å². The normalized spacial score (nSPS) is 14.6. The summed E-state index contributed by atoms with van der Waals surface area (Å²) in [5.74, 6) is 0.766. The van der Waals surface area contributed by atoms with Crippen molar-refractivity contribution in [1.82, 2.24) is 0 Å². The van der Waals surface area contributed by atoms with E-state index in [1.807, 2.05) is 13.8 Å². The van der Waals surface area contributed by atoms with Crippen molar-refractivity contribution in [2.75, 3.05) is 6.61 Å². The third-order valence-electron chi connectivity index (χ3n) is 2.26. The number of hydrogen-bond donors (Lipinski definition) is 2. The first-order valence-corrected chi connectivity index (χ1v) is 5.72. The van der Waals surface area contributed by atoms with Gasteiger partial charge in [-0.25, -0.2) is 0 Å². The van der Waals surface area contributed by atoms with E-state index < -0.39 is 5.60 Å². The summed E-state index contributed by atoms with van der Waals surface area (Å²) in [6.07, 6.45) is 4.20. The van der Waals surface area contributed by atoms with Crippen LogP contribution < -0.4 is 0 Å². The van der Waals surface area contributed by atoms with Gasteiger partial charge in [0.05, 0.1) is 5.60 Å². The molecule has 0 aromatic carbocycles. The molecule has 2 nitrogen and oxygen atoms in total. The predicted octanol–water partition coefficient (Wildman–Crippen LogP) is 2.97. The Kier molecular flexibility index (Phi) is 11.1. The molecule has 1 atom stereocenters. The van der Waals surface area contributed by atoms with E-state index in [0.29, 0.717) is 0 Å². The van der Waals surface area contributed by atoms with Gasteiger partial charge in [-0.05, 0) is 32.6 Å². The van der Waals surface area contributed by atoms with Gasteiger partial charge in [0.1, 0.15) is 0 Å². The minimum absolute atomic E-state index is 0.250. The predicted molar refractivity (Wildman–Crippen MR) is 62.4 cm³/mol. The maximum absolute atomic E-state index is 9.64. The quantitative estimate of drug-likeness (QED) is 0.723. The molecule has 1 unspecified atom stereocenters. The van der Waals surface area contributed by atoms with Gasteiger partial charge in [0.25, 0.3) is 0 Å². The molecule has 2 N–H and O–H groups in total. The lowest BCUT2D eigenvalue weighted by Gasteiger charge is -2.21. The van der Waals surface area contributed by atoms with Crippen LogP contribution in [-0.4, -0.2) is 22.4 Å². The van der Waals surface area contributed by atoms with Gasteiger partial charge in [-0.2, -0.15) is 0 Å². The molecule has 0 aliphatic carbocycles. The number of aliphatic hydroxyl groups excluding tert-OH is 1. The Bertz CT molecular complexity index is 109. The lowest BCUT2D eigenvalue weighted by Crippen LogP contribution is -2.22. The molecule has 0 saturated heterocycles. The molecular formula is C12H28O2. The molecular weight excluding hydrogens is 176 g/mol. The molecule has 88 valence electrons. The standard InChI is InChI=1S/C10H22O.C2H6O/c1-5-10(4,11)8-6-7-9(2)3;1-2-3/h9,11H,5-8H2,1-4H3;3H,2H2,1H3. The third-order valence-corrected chi connectivity index (χ3v) is 2.26. The summed E-state index contributed by atoms with van der Waals surface area (Å²) in [5.41, 5.74) is -0.422. The van der Waals surface area contributed by atoms with Crippen molar-refractivity contribution < 1.29 is 10.2 Å². The Morgan fingerprint density at radius 1 is 1.21 bits per heavy atom. The van der Waals surface area contributed by atoms with Crippen LogP contribution in [-0.2, 0) is 0 Å². The van der Waals surface area contributed by atoms with Gasteiger partial charge in [0.15, 0.2) is 0 Å². The first kappa shape index (κ1) is 16.4. The maximum Gasteiger partial charge on any atom is 0.0617 e. The van der Waals surface area contributed by atoms with Crippen LogP contribution in [0, 0.1) is 5.92 Å². The average Bonchev–Trinajstić information content (AvgIpc) is 2.05. The maximum atomic E-state index is 9.64. The molecule has 0 spiro atoms. The zero-order valence-electron chi connectivity index (χ0n) is 10.5. The summed E-state index contributed by atoms with van der Waals surface area (Å²) < 4.78 is 0. The van der Waals surface area contributed by atoms with Crippen molar-refractivity contribution in [3.8, 4) is 0 Å². The summed E-state index contributed by atoms with van der Waals surface area (Å²) in [4.78, 5) is 0. The fourth-order valence-electron chi connectivity index (χ4n) is 1.07. The van der Waals surface area contributed by atoms with Gasteiger partial charge in [-0.15, -0.1) is 0 Å². The van der Waals surface area contributed by atoms with Gasteiger partial charge in [-0.1, -0.05) is 33.6 Å². The molecule has 0 heterocycles. The summed E-state index contributed by atoms with van der Waals surface area (Å²) in [6.45, 7) is 10.3. The van der Waals surface area contributed by atoms with Crippen LogP contribution >= 0.6 is 0 Å². The van der Waals surface area contributed by atoms with Gasteiger partial charge in [0, 0.05) is 6.61 Å². The van der Waals surface area contributed by atoms with Gasteiger partial charge in [0.2, 0.25) is 0 Å². The minimum atomic E-state index is -0.422. The van der Waals surface area contributed by atoms with Crippen molar-refractivity contribution >= 4 is 0 Å². The molecule has 0 saturated carbocycles. The molecule has 0 aromatic rings. The Morgan fingerprint density at radius 3 is 1.93 bits per heavy atom. The molecule has 14 heavy (non-hydrogen) atoms. The van der Waals surface area contributed by atoms with Crippen LogP contribution in [0.15, 0.2) is 0 Å². The summed E-state index contributed by atoms with van der Waals surface area (Å²) >= 11 is 0. The molecule has 0 rings (SSSR count). The summed E-state index contributed by atoms with van der Waals surface area (Å²) in [6, 6.07) is 0. The van der Waals surface area contributed by atoms with E-state index in [1.165, 1.54) is 6.42 Å². The molecule has 0 amide bonds. The van der Waals surface area contributed by atoms with E-state index in [2.05, 4.69) is 13.8 Å². The van der Waals surface area contributed by atoms with E-state index in [4.69, 9.17) is 5.11 Å². The van der Waals surface area contributed by atoms with Crippen LogP contribution in [0.2, 0.25) is 0 Å². The minimum Gasteiger partial charge on any atom is -0.397 e. The van der Waals surface area contributed by atoms with Crippen molar-refractivity contribution in [2.24, 2.45) is 5.92 Å². The summed E-state index contributed by atoms with van der Waals surface area (Å²) in [5, 5.41) is 17.2. The smallest absolute Gasteiger partial charge is 0.0617 e. The highest BCUT2D eigenvalue weighted by atomic mass is 16.3. The van der Waals surface area contributed by atoms with Gasteiger partial charge in [-0.3, -0.25) is 0 Å². The zero-order chi connectivity index (χ0) is 11.6. The van der Waals surface area contributed by atoms with E-state index in [0.717, 1.165) is 25.2 Å². The van der Waals surface area contributed by atoms with E-state index in [9.17, 15) is 5.11 Å². The van der Waals surface area contributed by atoms with Gasteiger partial charge < -0.3 is 10.2 Å². The third kappa shape index (κ3) is 14.4. The van der Waals surface area contributed by atoms with Crippen LogP contribution in [0.5, 0.6) is 0 Å². The molecule has 0 aliphatic heterocycles. The second kappa shape index (κ2) is 9.47. The Morgan fingerprint density at radius 2 is 1.64 bits per heavy atom. The second-order valence-electron chi connectivity index (χ2n) is 4.45. The van der Waals surface area contributed by atoms with E-state index in [-0.39, 0.29) is 6.61 Å². The lowest BCUT2D eigenvalue weighted by molar-refractivity contribution is 0.0435. The molecule has 0 fully saturated rings.